The molecule has 25 heavy (non-hydrogen) atoms. The third kappa shape index (κ3) is 6.32. The van der Waals surface area contributed by atoms with Gasteiger partial charge in [0.15, 0.2) is 4.34 Å². The summed E-state index contributed by atoms with van der Waals surface area (Å²) in [4.78, 5) is 12.3. The molecule has 0 aliphatic rings. The van der Waals surface area contributed by atoms with E-state index in [2.05, 4.69) is 35.4 Å². The van der Waals surface area contributed by atoms with E-state index in [1.807, 2.05) is 18.2 Å². The molecule has 0 aliphatic heterocycles. The highest BCUT2D eigenvalue weighted by atomic mass is 32.2. The van der Waals surface area contributed by atoms with E-state index in [4.69, 9.17) is 4.74 Å². The molecule has 0 radical (unpaired) electrons. The number of thioether (sulfide) groups is 1. The van der Waals surface area contributed by atoms with Crippen LogP contribution in [-0.4, -0.2) is 23.2 Å². The lowest BCUT2D eigenvalue weighted by atomic mass is 9.99. The van der Waals surface area contributed by atoms with Crippen molar-refractivity contribution in [3.05, 3.63) is 29.8 Å². The van der Waals surface area contributed by atoms with Crippen LogP contribution in [0.3, 0.4) is 0 Å². The van der Waals surface area contributed by atoms with Crippen molar-refractivity contribution in [3.63, 3.8) is 0 Å². The molecule has 0 spiro atoms. The quantitative estimate of drug-likeness (QED) is 0.465. The van der Waals surface area contributed by atoms with Crippen molar-refractivity contribution < 1.29 is 9.53 Å². The average molecular weight is 380 g/mol. The molecular weight excluding hydrogens is 354 g/mol. The van der Waals surface area contributed by atoms with Gasteiger partial charge in [-0.05, 0) is 30.5 Å². The van der Waals surface area contributed by atoms with Gasteiger partial charge in [-0.15, -0.1) is 10.2 Å². The number of nitrogens with zero attached hydrogens (tertiary/aromatic N) is 2. The van der Waals surface area contributed by atoms with Gasteiger partial charge in [-0.25, -0.2) is 0 Å². The highest BCUT2D eigenvalue weighted by Gasteiger charge is 2.17. The van der Waals surface area contributed by atoms with E-state index in [1.165, 1.54) is 11.3 Å². The Kier molecular flexibility index (Phi) is 8.21. The molecule has 1 aromatic heterocycles. The van der Waals surface area contributed by atoms with Crippen molar-refractivity contribution in [2.45, 2.75) is 49.6 Å². The molecular formula is C18H25N3O2S2. The molecule has 1 atom stereocenters. The number of hydrogen-bond donors (Lipinski definition) is 1. The van der Waals surface area contributed by atoms with Gasteiger partial charge in [0.1, 0.15) is 5.75 Å². The minimum Gasteiger partial charge on any atom is -0.497 e. The number of nitrogens with one attached hydrogen (secondary N) is 1. The van der Waals surface area contributed by atoms with E-state index < -0.39 is 0 Å². The Bertz CT molecular complexity index is 676. The molecule has 0 saturated heterocycles. The van der Waals surface area contributed by atoms with Gasteiger partial charge in [-0.3, -0.25) is 4.79 Å². The summed E-state index contributed by atoms with van der Waals surface area (Å²) >= 11 is 3.03. The fraction of sp³-hybridized carbons (Fsp3) is 0.500. The van der Waals surface area contributed by atoms with Gasteiger partial charge < -0.3 is 10.1 Å². The summed E-state index contributed by atoms with van der Waals surface area (Å²) in [6.07, 6.45) is 3.95. The SMILES string of the molecule is CCCC[C@@H](CC)C(=O)Nc1nnc(SCc2cccc(OC)c2)s1. The highest BCUT2D eigenvalue weighted by Crippen LogP contribution is 2.29. The van der Waals surface area contributed by atoms with Crippen LogP contribution in [0.2, 0.25) is 0 Å². The number of aromatic nitrogens is 2. The Hall–Kier alpha value is -1.60. The topological polar surface area (TPSA) is 64.1 Å². The number of hydrogen-bond acceptors (Lipinski definition) is 6. The lowest BCUT2D eigenvalue weighted by Crippen LogP contribution is -2.22. The molecule has 5 nitrogen and oxygen atoms in total. The van der Waals surface area contributed by atoms with E-state index in [-0.39, 0.29) is 11.8 Å². The average Bonchev–Trinajstić information content (AvgIpc) is 3.08. The van der Waals surface area contributed by atoms with Crippen LogP contribution in [-0.2, 0) is 10.5 Å². The molecule has 1 aromatic carbocycles. The smallest absolute Gasteiger partial charge is 0.229 e. The van der Waals surface area contributed by atoms with Crippen molar-refractivity contribution in [1.82, 2.24) is 10.2 Å². The van der Waals surface area contributed by atoms with Crippen molar-refractivity contribution >= 4 is 34.1 Å². The van der Waals surface area contributed by atoms with Gasteiger partial charge in [0.2, 0.25) is 11.0 Å². The molecule has 0 unspecified atom stereocenters. The van der Waals surface area contributed by atoms with Gasteiger partial charge in [-0.1, -0.05) is 61.9 Å². The summed E-state index contributed by atoms with van der Waals surface area (Å²) in [6, 6.07) is 7.96. The van der Waals surface area contributed by atoms with Crippen LogP contribution in [0.4, 0.5) is 5.13 Å². The molecule has 1 amide bonds. The number of carbonyl (C=O) groups is 1. The highest BCUT2D eigenvalue weighted by molar-refractivity contribution is 8.00. The summed E-state index contributed by atoms with van der Waals surface area (Å²) in [5, 5.41) is 11.7. The molecule has 7 heteroatoms. The number of ether oxygens (including phenoxy) is 1. The second-order valence-corrected chi connectivity index (χ2v) is 7.95. The van der Waals surface area contributed by atoms with Crippen molar-refractivity contribution in [2.24, 2.45) is 5.92 Å². The van der Waals surface area contributed by atoms with Crippen LogP contribution in [0, 0.1) is 5.92 Å². The predicted molar refractivity (Wildman–Crippen MR) is 104 cm³/mol. The van der Waals surface area contributed by atoms with E-state index >= 15 is 0 Å². The lowest BCUT2D eigenvalue weighted by Gasteiger charge is -2.12. The van der Waals surface area contributed by atoms with Gasteiger partial charge in [0.25, 0.3) is 0 Å². The first-order chi connectivity index (χ1) is 12.2. The summed E-state index contributed by atoms with van der Waals surface area (Å²) in [5.41, 5.74) is 1.16. The molecule has 0 aliphatic carbocycles. The Morgan fingerprint density at radius 1 is 1.36 bits per heavy atom. The Morgan fingerprint density at radius 2 is 2.20 bits per heavy atom. The molecule has 0 fully saturated rings. The first-order valence-electron chi connectivity index (χ1n) is 8.56. The molecule has 2 aromatic rings. The van der Waals surface area contributed by atoms with Gasteiger partial charge in [-0.2, -0.15) is 0 Å². The van der Waals surface area contributed by atoms with Crippen molar-refractivity contribution in [3.8, 4) is 5.75 Å². The normalized spacial score (nSPS) is 12.0. The Balaban J connectivity index is 1.87. The zero-order valence-electron chi connectivity index (χ0n) is 14.9. The van der Waals surface area contributed by atoms with E-state index in [1.54, 1.807) is 18.9 Å². The molecule has 0 bridgehead atoms. The maximum absolute atomic E-state index is 12.3. The number of methoxy groups -OCH3 is 1. The van der Waals surface area contributed by atoms with Gasteiger partial charge in [0.05, 0.1) is 7.11 Å². The second kappa shape index (κ2) is 10.4. The van der Waals surface area contributed by atoms with Crippen LogP contribution in [0.25, 0.3) is 0 Å². The van der Waals surface area contributed by atoms with Crippen LogP contribution < -0.4 is 10.1 Å². The molecule has 1 heterocycles. The summed E-state index contributed by atoms with van der Waals surface area (Å²) < 4.78 is 6.08. The van der Waals surface area contributed by atoms with Crippen LogP contribution >= 0.6 is 23.1 Å². The number of carbonyl (C=O) groups excluding carboxylic acids is 1. The third-order valence-corrected chi connectivity index (χ3v) is 5.95. The molecule has 1 N–H and O–H groups in total. The summed E-state index contributed by atoms with van der Waals surface area (Å²) in [6.45, 7) is 4.19. The molecule has 0 saturated carbocycles. The van der Waals surface area contributed by atoms with E-state index in [0.717, 1.165) is 47.1 Å². The standard InChI is InChI=1S/C18H25N3O2S2/c1-4-6-9-14(5-2)16(22)19-17-20-21-18(25-17)24-12-13-8-7-10-15(11-13)23-3/h7-8,10-11,14H,4-6,9,12H2,1-3H3,(H,19,20,22)/t14-/m1/s1. The zero-order chi connectivity index (χ0) is 18.1. The van der Waals surface area contributed by atoms with Gasteiger partial charge in [0, 0.05) is 11.7 Å². The lowest BCUT2D eigenvalue weighted by molar-refractivity contribution is -0.120. The van der Waals surface area contributed by atoms with Crippen molar-refractivity contribution in [1.29, 1.82) is 0 Å². The predicted octanol–water partition coefficient (Wildman–Crippen LogP) is 4.99. The summed E-state index contributed by atoms with van der Waals surface area (Å²) in [7, 11) is 1.66. The van der Waals surface area contributed by atoms with Gasteiger partial charge >= 0.3 is 0 Å². The first-order valence-corrected chi connectivity index (χ1v) is 10.4. The second-order valence-electron chi connectivity index (χ2n) is 5.75. The monoisotopic (exact) mass is 379 g/mol. The van der Waals surface area contributed by atoms with E-state index in [0.29, 0.717) is 5.13 Å². The maximum atomic E-state index is 12.3. The minimum absolute atomic E-state index is 0.0523. The maximum Gasteiger partial charge on any atom is 0.229 e. The largest absolute Gasteiger partial charge is 0.497 e. The molecule has 2 rings (SSSR count). The third-order valence-electron chi connectivity index (χ3n) is 3.90. The Labute approximate surface area is 157 Å². The fourth-order valence-electron chi connectivity index (χ4n) is 2.40. The number of rotatable bonds is 10. The first kappa shape index (κ1) is 19.7. The zero-order valence-corrected chi connectivity index (χ0v) is 16.6. The van der Waals surface area contributed by atoms with Crippen LogP contribution in [0.1, 0.15) is 45.1 Å². The number of benzene rings is 1. The van der Waals surface area contributed by atoms with E-state index in [9.17, 15) is 4.79 Å². The fourth-order valence-corrected chi connectivity index (χ4v) is 4.10. The van der Waals surface area contributed by atoms with Crippen LogP contribution in [0.15, 0.2) is 28.6 Å². The Morgan fingerprint density at radius 3 is 2.92 bits per heavy atom. The summed E-state index contributed by atoms with van der Waals surface area (Å²) in [5.74, 6) is 1.74. The number of amides is 1. The number of unbranched alkanes of at least 4 members (excludes halogenated alkanes) is 1. The van der Waals surface area contributed by atoms with Crippen molar-refractivity contribution in [2.75, 3.05) is 12.4 Å². The number of anilines is 1. The minimum atomic E-state index is 0.0523. The van der Waals surface area contributed by atoms with Crippen LogP contribution in [0.5, 0.6) is 5.75 Å². The molecule has 136 valence electrons.